The minimum Gasteiger partial charge on any atom is -0.497 e. The smallest absolute Gasteiger partial charge is 0.243 e. The summed E-state index contributed by atoms with van der Waals surface area (Å²) in [6, 6.07) is 14.6. The lowest BCUT2D eigenvalue weighted by Crippen LogP contribution is -2.58. The first-order valence-electron chi connectivity index (χ1n) is 12.1. The third kappa shape index (κ3) is 6.69. The van der Waals surface area contributed by atoms with Crippen molar-refractivity contribution >= 4 is 17.6 Å². The standard InChI is InChI=1S/C27H33N3O6/c1-27(17-36-27)24(31)21(14-18-6-4-3-5-7-18)29-25(32)22(15-19-8-10-20(34-2)11-9-19)30-26(33)23-16-35-13-12-28-23/h3-11,21-23,28H,12-17H2,1-2H3,(H,29,32)(H,30,33)/t21-,22-,23-,27+/m0/s1. The number of morpholine rings is 1. The molecule has 2 aromatic rings. The van der Waals surface area contributed by atoms with E-state index in [2.05, 4.69) is 16.0 Å². The number of carbonyl (C=O) groups excluding carboxylic acids is 3. The van der Waals surface area contributed by atoms with Crippen LogP contribution in [0, 0.1) is 0 Å². The molecule has 0 radical (unpaired) electrons. The van der Waals surface area contributed by atoms with Crippen LogP contribution in [-0.2, 0) is 36.7 Å². The van der Waals surface area contributed by atoms with E-state index in [0.29, 0.717) is 31.9 Å². The van der Waals surface area contributed by atoms with Crippen LogP contribution in [0.5, 0.6) is 5.75 Å². The zero-order chi connectivity index (χ0) is 25.5. The number of ketones is 1. The van der Waals surface area contributed by atoms with Gasteiger partial charge >= 0.3 is 0 Å². The van der Waals surface area contributed by atoms with Crippen molar-refractivity contribution in [3.8, 4) is 5.75 Å². The second-order valence-corrected chi connectivity index (χ2v) is 9.33. The number of rotatable bonds is 11. The molecule has 2 aliphatic heterocycles. The number of methoxy groups -OCH3 is 1. The van der Waals surface area contributed by atoms with Crippen molar-refractivity contribution in [1.82, 2.24) is 16.0 Å². The molecule has 2 saturated heterocycles. The zero-order valence-electron chi connectivity index (χ0n) is 20.6. The third-order valence-electron chi connectivity index (χ3n) is 6.48. The summed E-state index contributed by atoms with van der Waals surface area (Å²) in [4.78, 5) is 39.7. The average Bonchev–Trinajstić information content (AvgIpc) is 3.67. The molecule has 0 aromatic heterocycles. The Morgan fingerprint density at radius 2 is 1.69 bits per heavy atom. The molecule has 9 nitrogen and oxygen atoms in total. The Hall–Kier alpha value is -3.27. The Bertz CT molecular complexity index is 1050. The van der Waals surface area contributed by atoms with E-state index < -0.39 is 29.6 Å². The van der Waals surface area contributed by atoms with Gasteiger partial charge in [-0.2, -0.15) is 0 Å². The first kappa shape index (κ1) is 25.8. The van der Waals surface area contributed by atoms with Gasteiger partial charge in [0.25, 0.3) is 0 Å². The van der Waals surface area contributed by atoms with Gasteiger partial charge in [0, 0.05) is 13.0 Å². The molecule has 3 N–H and O–H groups in total. The van der Waals surface area contributed by atoms with Crippen molar-refractivity contribution in [2.45, 2.75) is 43.5 Å². The lowest BCUT2D eigenvalue weighted by atomic mass is 9.94. The Balaban J connectivity index is 1.52. The van der Waals surface area contributed by atoms with Crippen LogP contribution in [0.1, 0.15) is 18.1 Å². The molecule has 2 heterocycles. The maximum absolute atomic E-state index is 13.5. The van der Waals surface area contributed by atoms with E-state index in [1.165, 1.54) is 0 Å². The summed E-state index contributed by atoms with van der Waals surface area (Å²) < 4.78 is 16.0. The van der Waals surface area contributed by atoms with Crippen LogP contribution < -0.4 is 20.7 Å². The van der Waals surface area contributed by atoms with Crippen LogP contribution in [-0.4, -0.2) is 74.8 Å². The predicted molar refractivity (Wildman–Crippen MR) is 133 cm³/mol. The number of Topliss-reactive ketones (excluding diaryl/α,β-unsaturated/α-hetero) is 1. The van der Waals surface area contributed by atoms with E-state index in [-0.39, 0.29) is 24.7 Å². The van der Waals surface area contributed by atoms with Gasteiger partial charge in [-0.15, -0.1) is 0 Å². The summed E-state index contributed by atoms with van der Waals surface area (Å²) in [5.41, 5.74) is 0.859. The molecule has 0 unspecified atom stereocenters. The van der Waals surface area contributed by atoms with Gasteiger partial charge in [-0.3, -0.25) is 14.4 Å². The molecule has 4 rings (SSSR count). The number of benzene rings is 2. The van der Waals surface area contributed by atoms with E-state index in [4.69, 9.17) is 14.2 Å². The van der Waals surface area contributed by atoms with Crippen LogP contribution in [0.4, 0.5) is 0 Å². The highest BCUT2D eigenvalue weighted by molar-refractivity contribution is 5.98. The molecule has 2 fully saturated rings. The minimum absolute atomic E-state index is 0.184. The fraction of sp³-hybridized carbons (Fsp3) is 0.444. The highest BCUT2D eigenvalue weighted by Crippen LogP contribution is 2.29. The summed E-state index contributed by atoms with van der Waals surface area (Å²) >= 11 is 0. The fourth-order valence-electron chi connectivity index (χ4n) is 4.16. The largest absolute Gasteiger partial charge is 0.497 e. The quantitative estimate of drug-likeness (QED) is 0.395. The Kier molecular flexibility index (Phi) is 8.35. The van der Waals surface area contributed by atoms with Crippen molar-refractivity contribution in [3.05, 3.63) is 65.7 Å². The number of epoxide rings is 1. The number of hydrogen-bond acceptors (Lipinski definition) is 7. The maximum Gasteiger partial charge on any atom is 0.243 e. The van der Waals surface area contributed by atoms with Crippen LogP contribution in [0.3, 0.4) is 0 Å². The summed E-state index contributed by atoms with van der Waals surface area (Å²) in [5.74, 6) is -0.253. The highest BCUT2D eigenvalue weighted by atomic mass is 16.6. The molecular formula is C27H33N3O6. The van der Waals surface area contributed by atoms with E-state index in [1.54, 1.807) is 26.2 Å². The van der Waals surface area contributed by atoms with Crippen LogP contribution in [0.25, 0.3) is 0 Å². The predicted octanol–water partition coefficient (Wildman–Crippen LogP) is 0.796. The van der Waals surface area contributed by atoms with Gasteiger partial charge in [0.1, 0.15) is 23.4 Å². The number of ether oxygens (including phenoxy) is 3. The first-order chi connectivity index (χ1) is 17.4. The molecule has 0 spiro atoms. The number of hydrogen-bond donors (Lipinski definition) is 3. The van der Waals surface area contributed by atoms with Crippen molar-refractivity contribution in [1.29, 1.82) is 0 Å². The lowest BCUT2D eigenvalue weighted by molar-refractivity contribution is -0.134. The Morgan fingerprint density at radius 3 is 2.31 bits per heavy atom. The minimum atomic E-state index is -0.898. The molecule has 0 saturated carbocycles. The van der Waals surface area contributed by atoms with E-state index in [9.17, 15) is 14.4 Å². The normalized spacial score (nSPS) is 22.7. The Labute approximate surface area is 210 Å². The van der Waals surface area contributed by atoms with Crippen LogP contribution >= 0.6 is 0 Å². The van der Waals surface area contributed by atoms with Gasteiger partial charge in [-0.05, 0) is 36.6 Å². The molecule has 9 heteroatoms. The van der Waals surface area contributed by atoms with Gasteiger partial charge in [-0.25, -0.2) is 0 Å². The molecule has 36 heavy (non-hydrogen) atoms. The van der Waals surface area contributed by atoms with Crippen LogP contribution in [0.15, 0.2) is 54.6 Å². The van der Waals surface area contributed by atoms with Crippen LogP contribution in [0.2, 0.25) is 0 Å². The van der Waals surface area contributed by atoms with Gasteiger partial charge in [0.05, 0.1) is 33.0 Å². The van der Waals surface area contributed by atoms with Gasteiger partial charge in [0.15, 0.2) is 5.78 Å². The summed E-state index contributed by atoms with van der Waals surface area (Å²) in [7, 11) is 1.58. The monoisotopic (exact) mass is 495 g/mol. The van der Waals surface area contributed by atoms with Crippen molar-refractivity contribution in [2.75, 3.05) is 33.5 Å². The summed E-state index contributed by atoms with van der Waals surface area (Å²) in [6.07, 6.45) is 0.570. The zero-order valence-corrected chi connectivity index (χ0v) is 20.6. The molecular weight excluding hydrogens is 462 g/mol. The lowest BCUT2D eigenvalue weighted by Gasteiger charge is -2.27. The van der Waals surface area contributed by atoms with E-state index >= 15 is 0 Å². The van der Waals surface area contributed by atoms with Crippen molar-refractivity contribution in [2.24, 2.45) is 0 Å². The molecule has 2 amide bonds. The summed E-state index contributed by atoms with van der Waals surface area (Å²) in [6.45, 7) is 3.37. The van der Waals surface area contributed by atoms with E-state index in [1.807, 2.05) is 42.5 Å². The third-order valence-corrected chi connectivity index (χ3v) is 6.48. The topological polar surface area (TPSA) is 118 Å². The molecule has 0 aliphatic carbocycles. The second kappa shape index (κ2) is 11.6. The van der Waals surface area contributed by atoms with Crippen molar-refractivity contribution < 1.29 is 28.6 Å². The molecule has 0 bridgehead atoms. The average molecular weight is 496 g/mol. The number of amides is 2. The van der Waals surface area contributed by atoms with Gasteiger partial charge < -0.3 is 30.2 Å². The Morgan fingerprint density at radius 1 is 1.03 bits per heavy atom. The summed E-state index contributed by atoms with van der Waals surface area (Å²) in [5, 5.41) is 8.87. The molecule has 4 atom stereocenters. The fourth-order valence-corrected chi connectivity index (χ4v) is 4.16. The first-order valence-corrected chi connectivity index (χ1v) is 12.1. The van der Waals surface area contributed by atoms with Crippen molar-refractivity contribution in [3.63, 3.8) is 0 Å². The molecule has 2 aromatic carbocycles. The number of nitrogens with one attached hydrogen (secondary N) is 3. The van der Waals surface area contributed by atoms with Gasteiger partial charge in [0.2, 0.25) is 11.8 Å². The molecule has 192 valence electrons. The van der Waals surface area contributed by atoms with Gasteiger partial charge in [-0.1, -0.05) is 42.5 Å². The molecule has 2 aliphatic rings. The van der Waals surface area contributed by atoms with E-state index in [0.717, 1.165) is 11.1 Å². The number of carbonyl (C=O) groups is 3. The second-order valence-electron chi connectivity index (χ2n) is 9.33. The SMILES string of the molecule is COc1ccc(C[C@H](NC(=O)[C@@H]2COCCN2)C(=O)N[C@@H](Cc2ccccc2)C(=O)[C@@]2(C)CO2)cc1. The maximum atomic E-state index is 13.5. The highest BCUT2D eigenvalue weighted by Gasteiger charge is 2.50.